The Morgan fingerprint density at radius 2 is 1.85 bits per heavy atom. The lowest BCUT2D eigenvalue weighted by Crippen LogP contribution is -2.26. The van der Waals surface area contributed by atoms with E-state index in [4.69, 9.17) is 5.11 Å². The summed E-state index contributed by atoms with van der Waals surface area (Å²) >= 11 is 0. The Bertz CT molecular complexity index is 181. The SMILES string of the molecule is C=C=CC(C)C(C)C(O)CC(C)O. The second kappa shape index (κ2) is 5.98. The fraction of sp³-hybridized carbons (Fsp3) is 0.727. The molecular weight excluding hydrogens is 164 g/mol. The number of aliphatic hydroxyl groups is 2. The Morgan fingerprint density at radius 1 is 1.31 bits per heavy atom. The van der Waals surface area contributed by atoms with Crippen LogP contribution < -0.4 is 0 Å². The lowest BCUT2D eigenvalue weighted by Gasteiger charge is -2.23. The van der Waals surface area contributed by atoms with Gasteiger partial charge in [0.15, 0.2) is 0 Å². The third kappa shape index (κ3) is 4.89. The van der Waals surface area contributed by atoms with E-state index < -0.39 is 12.2 Å². The van der Waals surface area contributed by atoms with Crippen LogP contribution in [0, 0.1) is 11.8 Å². The second-order valence-corrected chi connectivity index (χ2v) is 3.74. The van der Waals surface area contributed by atoms with E-state index in [2.05, 4.69) is 12.3 Å². The van der Waals surface area contributed by atoms with Gasteiger partial charge < -0.3 is 10.2 Å². The first-order valence-electron chi connectivity index (χ1n) is 4.71. The lowest BCUT2D eigenvalue weighted by atomic mass is 9.88. The van der Waals surface area contributed by atoms with E-state index in [9.17, 15) is 5.11 Å². The van der Waals surface area contributed by atoms with Crippen molar-refractivity contribution in [2.75, 3.05) is 0 Å². The summed E-state index contributed by atoms with van der Waals surface area (Å²) in [6.45, 7) is 9.15. The van der Waals surface area contributed by atoms with E-state index >= 15 is 0 Å². The minimum Gasteiger partial charge on any atom is -0.393 e. The van der Waals surface area contributed by atoms with Gasteiger partial charge in [0.25, 0.3) is 0 Å². The Kier molecular flexibility index (Phi) is 5.72. The summed E-state index contributed by atoms with van der Waals surface area (Å²) in [7, 11) is 0. The zero-order valence-electron chi connectivity index (χ0n) is 8.70. The van der Waals surface area contributed by atoms with Gasteiger partial charge in [-0.1, -0.05) is 20.4 Å². The largest absolute Gasteiger partial charge is 0.393 e. The molecule has 0 fully saturated rings. The summed E-state index contributed by atoms with van der Waals surface area (Å²) < 4.78 is 0. The fourth-order valence-electron chi connectivity index (χ4n) is 1.25. The molecule has 0 bridgehead atoms. The van der Waals surface area contributed by atoms with Crippen LogP contribution in [0.4, 0.5) is 0 Å². The molecule has 0 amide bonds. The van der Waals surface area contributed by atoms with Gasteiger partial charge in [-0.05, 0) is 31.3 Å². The van der Waals surface area contributed by atoms with Crippen molar-refractivity contribution >= 4 is 0 Å². The monoisotopic (exact) mass is 184 g/mol. The van der Waals surface area contributed by atoms with Crippen LogP contribution >= 0.6 is 0 Å². The van der Waals surface area contributed by atoms with E-state index in [1.54, 1.807) is 6.92 Å². The molecule has 0 saturated heterocycles. The minimum absolute atomic E-state index is 0.129. The molecule has 0 aromatic heterocycles. The summed E-state index contributed by atoms with van der Waals surface area (Å²) in [5, 5.41) is 18.7. The molecule has 4 unspecified atom stereocenters. The van der Waals surface area contributed by atoms with Crippen molar-refractivity contribution in [3.63, 3.8) is 0 Å². The maximum absolute atomic E-state index is 9.66. The molecule has 0 aliphatic rings. The van der Waals surface area contributed by atoms with Gasteiger partial charge in [-0.2, -0.15) is 0 Å². The average Bonchev–Trinajstić information content (AvgIpc) is 2.02. The Balaban J connectivity index is 4.07. The summed E-state index contributed by atoms with van der Waals surface area (Å²) in [6, 6.07) is 0. The number of hydrogen-bond donors (Lipinski definition) is 2. The molecule has 0 radical (unpaired) electrons. The summed E-state index contributed by atoms with van der Waals surface area (Å²) in [5.74, 6) is 0.370. The molecule has 0 spiro atoms. The average molecular weight is 184 g/mol. The first-order chi connectivity index (χ1) is 5.99. The normalized spacial score (nSPS) is 19.8. The van der Waals surface area contributed by atoms with Gasteiger partial charge >= 0.3 is 0 Å². The van der Waals surface area contributed by atoms with Crippen molar-refractivity contribution in [1.29, 1.82) is 0 Å². The van der Waals surface area contributed by atoms with Crippen molar-refractivity contribution in [2.45, 2.75) is 39.4 Å². The molecule has 76 valence electrons. The number of allylic oxidation sites excluding steroid dienone is 1. The first-order valence-corrected chi connectivity index (χ1v) is 4.71. The summed E-state index contributed by atoms with van der Waals surface area (Å²) in [5.41, 5.74) is 2.71. The zero-order valence-corrected chi connectivity index (χ0v) is 8.70. The van der Waals surface area contributed by atoms with Crippen LogP contribution in [0.25, 0.3) is 0 Å². The quantitative estimate of drug-likeness (QED) is 0.639. The molecule has 0 aliphatic heterocycles. The van der Waals surface area contributed by atoms with Crippen molar-refractivity contribution < 1.29 is 10.2 Å². The number of rotatable bonds is 5. The second-order valence-electron chi connectivity index (χ2n) is 3.74. The van der Waals surface area contributed by atoms with E-state index in [0.29, 0.717) is 6.42 Å². The molecule has 2 heteroatoms. The standard InChI is InChI=1S/C11H20O2/c1-5-6-8(2)10(4)11(13)7-9(3)12/h6,8-13H,1,7H2,2-4H3. The molecule has 0 saturated carbocycles. The minimum atomic E-state index is -0.459. The van der Waals surface area contributed by atoms with Crippen LogP contribution in [0.1, 0.15) is 27.2 Å². The highest BCUT2D eigenvalue weighted by Gasteiger charge is 2.20. The van der Waals surface area contributed by atoms with Crippen molar-refractivity contribution in [2.24, 2.45) is 11.8 Å². The van der Waals surface area contributed by atoms with Crippen molar-refractivity contribution in [3.05, 3.63) is 18.4 Å². The predicted molar refractivity (Wildman–Crippen MR) is 54.3 cm³/mol. The highest BCUT2D eigenvalue weighted by molar-refractivity contribution is 4.87. The molecule has 0 aromatic carbocycles. The highest BCUT2D eigenvalue weighted by atomic mass is 16.3. The van der Waals surface area contributed by atoms with Crippen LogP contribution in [0.2, 0.25) is 0 Å². The smallest absolute Gasteiger partial charge is 0.0596 e. The molecule has 0 aliphatic carbocycles. The van der Waals surface area contributed by atoms with Gasteiger partial charge in [-0.15, -0.1) is 5.73 Å². The van der Waals surface area contributed by atoms with Gasteiger partial charge in [0, 0.05) is 0 Å². The Labute approximate surface area is 80.6 Å². The lowest BCUT2D eigenvalue weighted by molar-refractivity contribution is 0.0448. The van der Waals surface area contributed by atoms with E-state index in [1.807, 2.05) is 19.9 Å². The molecular formula is C11H20O2. The van der Waals surface area contributed by atoms with Gasteiger partial charge in [0.2, 0.25) is 0 Å². The van der Waals surface area contributed by atoms with Crippen LogP contribution in [-0.4, -0.2) is 22.4 Å². The maximum Gasteiger partial charge on any atom is 0.0596 e. The Morgan fingerprint density at radius 3 is 2.23 bits per heavy atom. The third-order valence-corrected chi connectivity index (χ3v) is 2.40. The van der Waals surface area contributed by atoms with Crippen molar-refractivity contribution in [1.82, 2.24) is 0 Å². The Hall–Kier alpha value is -0.560. The van der Waals surface area contributed by atoms with Crippen LogP contribution in [0.15, 0.2) is 18.4 Å². The molecule has 4 atom stereocenters. The zero-order chi connectivity index (χ0) is 10.4. The van der Waals surface area contributed by atoms with Gasteiger partial charge in [0.05, 0.1) is 12.2 Å². The topological polar surface area (TPSA) is 40.5 Å². The molecule has 0 heterocycles. The van der Waals surface area contributed by atoms with E-state index in [-0.39, 0.29) is 11.8 Å². The van der Waals surface area contributed by atoms with Crippen molar-refractivity contribution in [3.8, 4) is 0 Å². The fourth-order valence-corrected chi connectivity index (χ4v) is 1.25. The molecule has 2 nitrogen and oxygen atoms in total. The molecule has 13 heavy (non-hydrogen) atoms. The van der Waals surface area contributed by atoms with Crippen LogP contribution in [0.3, 0.4) is 0 Å². The van der Waals surface area contributed by atoms with Crippen LogP contribution in [-0.2, 0) is 0 Å². The molecule has 0 rings (SSSR count). The third-order valence-electron chi connectivity index (χ3n) is 2.40. The van der Waals surface area contributed by atoms with E-state index in [1.165, 1.54) is 0 Å². The van der Waals surface area contributed by atoms with Gasteiger partial charge in [-0.25, -0.2) is 0 Å². The maximum atomic E-state index is 9.66. The molecule has 2 N–H and O–H groups in total. The van der Waals surface area contributed by atoms with Gasteiger partial charge in [0.1, 0.15) is 0 Å². The number of aliphatic hydroxyl groups excluding tert-OH is 2. The van der Waals surface area contributed by atoms with Gasteiger partial charge in [-0.3, -0.25) is 0 Å². The molecule has 0 aromatic rings. The first kappa shape index (κ1) is 12.4. The summed E-state index contributed by atoms with van der Waals surface area (Å²) in [4.78, 5) is 0. The predicted octanol–water partition coefficient (Wildman–Crippen LogP) is 1.73. The highest BCUT2D eigenvalue weighted by Crippen LogP contribution is 2.19. The van der Waals surface area contributed by atoms with Crippen LogP contribution in [0.5, 0.6) is 0 Å². The summed E-state index contributed by atoms with van der Waals surface area (Å²) in [6.07, 6.45) is 1.36. The number of hydrogen-bond acceptors (Lipinski definition) is 2. The van der Waals surface area contributed by atoms with E-state index in [0.717, 1.165) is 0 Å².